The molecule has 1 aromatic carbocycles. The van der Waals surface area contributed by atoms with Crippen molar-refractivity contribution >= 4 is 27.6 Å². The van der Waals surface area contributed by atoms with Crippen LogP contribution in [0.5, 0.6) is 0 Å². The second kappa shape index (κ2) is 7.17. The Morgan fingerprint density at radius 2 is 1.88 bits per heavy atom. The number of piperazine rings is 1. The number of nitrogens with zero attached hydrogens (tertiary/aromatic N) is 3. The van der Waals surface area contributed by atoms with Gasteiger partial charge in [0.15, 0.2) is 9.84 Å². The molecule has 2 heterocycles. The third-order valence-electron chi connectivity index (χ3n) is 4.99. The number of thioether (sulfide) groups is 1. The van der Waals surface area contributed by atoms with Gasteiger partial charge in [-0.3, -0.25) is 4.90 Å². The van der Waals surface area contributed by atoms with Crippen LogP contribution in [0.3, 0.4) is 0 Å². The number of amides is 2. The number of carbonyl (C=O) groups is 1. The zero-order chi connectivity index (χ0) is 18.2. The van der Waals surface area contributed by atoms with Gasteiger partial charge in [0.05, 0.1) is 17.5 Å². The summed E-state index contributed by atoms with van der Waals surface area (Å²) in [5, 5.41) is 0. The van der Waals surface area contributed by atoms with Gasteiger partial charge < -0.3 is 9.80 Å². The Labute approximate surface area is 154 Å². The molecule has 2 unspecified atom stereocenters. The average molecular weight is 384 g/mol. The smallest absolute Gasteiger partial charge is 0.319 e. The molecule has 0 spiro atoms. The Morgan fingerprint density at radius 1 is 1.20 bits per heavy atom. The molecule has 0 bridgehead atoms. The molecule has 1 aromatic rings. The fourth-order valence-electron chi connectivity index (χ4n) is 3.77. The van der Waals surface area contributed by atoms with Crippen LogP contribution in [-0.4, -0.2) is 86.2 Å². The van der Waals surface area contributed by atoms with Crippen LogP contribution in [-0.2, 0) is 16.4 Å². The van der Waals surface area contributed by atoms with E-state index in [2.05, 4.69) is 23.3 Å². The number of fused-ring (bicyclic) bond motifs is 1. The summed E-state index contributed by atoms with van der Waals surface area (Å²) in [5.74, 6) is 0.203. The van der Waals surface area contributed by atoms with Crippen molar-refractivity contribution in [3.8, 4) is 0 Å². The third kappa shape index (κ3) is 3.80. The first-order chi connectivity index (χ1) is 11.8. The minimum atomic E-state index is -3.12. The average Bonchev–Trinajstić information content (AvgIpc) is 2.90. The van der Waals surface area contributed by atoms with Crippen LogP contribution in [0.25, 0.3) is 0 Å². The second-order valence-electron chi connectivity index (χ2n) is 6.86. The lowest BCUT2D eigenvalue weighted by molar-refractivity contribution is 0.0516. The SMILES string of the molecule is CSc1ccccc1CN1CCN(C(=O)N(C)C)C2CS(=O)(=O)CC21. The van der Waals surface area contributed by atoms with Crippen LogP contribution in [0.15, 0.2) is 29.2 Å². The van der Waals surface area contributed by atoms with Crippen molar-refractivity contribution in [3.05, 3.63) is 29.8 Å². The molecule has 2 aliphatic rings. The number of sulfone groups is 1. The minimum absolute atomic E-state index is 0.0674. The third-order valence-corrected chi connectivity index (χ3v) is 7.52. The lowest BCUT2D eigenvalue weighted by atomic mass is 10.0. The lowest BCUT2D eigenvalue weighted by Gasteiger charge is -2.44. The van der Waals surface area contributed by atoms with Gasteiger partial charge in [0, 0.05) is 44.7 Å². The highest BCUT2D eigenvalue weighted by Crippen LogP contribution is 2.30. The molecule has 0 radical (unpaired) electrons. The van der Waals surface area contributed by atoms with Crippen molar-refractivity contribution < 1.29 is 13.2 Å². The molecule has 2 fully saturated rings. The molecule has 2 atom stereocenters. The van der Waals surface area contributed by atoms with E-state index in [0.29, 0.717) is 13.1 Å². The molecular formula is C17H25N3O3S2. The maximum atomic E-state index is 12.5. The Balaban J connectivity index is 1.85. The molecule has 0 aromatic heterocycles. The highest BCUT2D eigenvalue weighted by molar-refractivity contribution is 7.98. The first kappa shape index (κ1) is 18.5. The van der Waals surface area contributed by atoms with E-state index in [1.54, 1.807) is 30.8 Å². The largest absolute Gasteiger partial charge is 0.331 e. The molecule has 0 saturated carbocycles. The summed E-state index contributed by atoms with van der Waals surface area (Å²) in [4.78, 5) is 19.2. The quantitative estimate of drug-likeness (QED) is 0.738. The van der Waals surface area contributed by atoms with Gasteiger partial charge in [-0.25, -0.2) is 13.2 Å². The van der Waals surface area contributed by atoms with E-state index in [0.717, 1.165) is 6.54 Å². The van der Waals surface area contributed by atoms with Gasteiger partial charge in [-0.1, -0.05) is 18.2 Å². The maximum Gasteiger partial charge on any atom is 0.319 e. The van der Waals surface area contributed by atoms with Gasteiger partial charge in [0.25, 0.3) is 0 Å². The molecule has 2 amide bonds. The molecule has 3 rings (SSSR count). The van der Waals surface area contributed by atoms with Crippen LogP contribution >= 0.6 is 11.8 Å². The van der Waals surface area contributed by atoms with Gasteiger partial charge in [0.2, 0.25) is 0 Å². The molecule has 2 aliphatic heterocycles. The van der Waals surface area contributed by atoms with Crippen LogP contribution in [0.1, 0.15) is 5.56 Å². The van der Waals surface area contributed by atoms with Crippen molar-refractivity contribution in [2.45, 2.75) is 23.5 Å². The highest BCUT2D eigenvalue weighted by Gasteiger charge is 2.48. The van der Waals surface area contributed by atoms with Gasteiger partial charge in [-0.05, 0) is 17.9 Å². The summed E-state index contributed by atoms with van der Waals surface area (Å²) in [5.41, 5.74) is 1.21. The first-order valence-corrected chi connectivity index (χ1v) is 11.4. The summed E-state index contributed by atoms with van der Waals surface area (Å²) < 4.78 is 24.5. The number of hydrogen-bond donors (Lipinski definition) is 0. The van der Waals surface area contributed by atoms with E-state index in [1.165, 1.54) is 15.4 Å². The number of urea groups is 1. The Kier molecular flexibility index (Phi) is 5.31. The second-order valence-corrected chi connectivity index (χ2v) is 9.87. The molecule has 0 N–H and O–H groups in total. The minimum Gasteiger partial charge on any atom is -0.331 e. The normalized spacial score (nSPS) is 25.6. The van der Waals surface area contributed by atoms with Crippen molar-refractivity contribution in [2.24, 2.45) is 0 Å². The Hall–Kier alpha value is -1.25. The number of hydrogen-bond acceptors (Lipinski definition) is 5. The Bertz CT molecular complexity index is 751. The highest BCUT2D eigenvalue weighted by atomic mass is 32.2. The summed E-state index contributed by atoms with van der Waals surface area (Å²) in [6, 6.07) is 7.75. The fraction of sp³-hybridized carbons (Fsp3) is 0.588. The number of benzene rings is 1. The van der Waals surface area contributed by atoms with Crippen molar-refractivity contribution in [1.29, 1.82) is 0 Å². The van der Waals surface area contributed by atoms with Crippen molar-refractivity contribution in [1.82, 2.24) is 14.7 Å². The van der Waals surface area contributed by atoms with Crippen LogP contribution < -0.4 is 0 Å². The van der Waals surface area contributed by atoms with Gasteiger partial charge in [-0.2, -0.15) is 0 Å². The van der Waals surface area contributed by atoms with E-state index in [9.17, 15) is 13.2 Å². The zero-order valence-corrected chi connectivity index (χ0v) is 16.5. The van der Waals surface area contributed by atoms with E-state index in [-0.39, 0.29) is 29.6 Å². The first-order valence-electron chi connectivity index (χ1n) is 8.36. The van der Waals surface area contributed by atoms with Gasteiger partial charge in [0.1, 0.15) is 0 Å². The molecule has 25 heavy (non-hydrogen) atoms. The monoisotopic (exact) mass is 383 g/mol. The van der Waals surface area contributed by atoms with Crippen molar-refractivity contribution in [3.63, 3.8) is 0 Å². The molecule has 6 nitrogen and oxygen atoms in total. The zero-order valence-electron chi connectivity index (χ0n) is 14.9. The summed E-state index contributed by atoms with van der Waals surface area (Å²) in [6.07, 6.45) is 2.05. The summed E-state index contributed by atoms with van der Waals surface area (Å²) >= 11 is 1.70. The van der Waals surface area contributed by atoms with Gasteiger partial charge >= 0.3 is 6.03 Å². The van der Waals surface area contributed by atoms with Crippen LogP contribution in [0.4, 0.5) is 4.79 Å². The molecule has 8 heteroatoms. The fourth-order valence-corrected chi connectivity index (χ4v) is 6.39. The van der Waals surface area contributed by atoms with Crippen LogP contribution in [0, 0.1) is 0 Å². The number of rotatable bonds is 3. The predicted octanol–water partition coefficient (Wildman–Crippen LogP) is 1.37. The molecule has 0 aliphatic carbocycles. The summed E-state index contributed by atoms with van der Waals surface area (Å²) in [7, 11) is 0.299. The van der Waals surface area contributed by atoms with Crippen LogP contribution in [0.2, 0.25) is 0 Å². The predicted molar refractivity (Wildman–Crippen MR) is 101 cm³/mol. The molecule has 138 valence electrons. The standard InChI is InChI=1S/C17H25N3O3S2/c1-18(2)17(21)20-9-8-19(14-11-25(22,23)12-15(14)20)10-13-6-4-5-7-16(13)24-3/h4-7,14-15H,8-12H2,1-3H3. The van der Waals surface area contributed by atoms with E-state index < -0.39 is 9.84 Å². The molecule has 2 saturated heterocycles. The lowest BCUT2D eigenvalue weighted by Crippen LogP contribution is -2.61. The maximum absolute atomic E-state index is 12.5. The van der Waals surface area contributed by atoms with Gasteiger partial charge in [-0.15, -0.1) is 11.8 Å². The number of carbonyl (C=O) groups excluding carboxylic acids is 1. The topological polar surface area (TPSA) is 60.9 Å². The molecular weight excluding hydrogens is 358 g/mol. The van der Waals surface area contributed by atoms with E-state index in [1.807, 2.05) is 12.1 Å². The van der Waals surface area contributed by atoms with E-state index >= 15 is 0 Å². The Morgan fingerprint density at radius 3 is 2.56 bits per heavy atom. The summed E-state index contributed by atoms with van der Waals surface area (Å²) in [6.45, 7) is 1.98. The van der Waals surface area contributed by atoms with E-state index in [4.69, 9.17) is 0 Å². The van der Waals surface area contributed by atoms with Crippen molar-refractivity contribution in [2.75, 3.05) is 44.9 Å².